The molecular weight excluding hydrogens is 574 g/mol. The fraction of sp³-hybridized carbons (Fsp3) is 0.114. The molecule has 0 aliphatic heterocycles. The summed E-state index contributed by atoms with van der Waals surface area (Å²) in [5.41, 5.74) is 2.86. The number of aromatic nitrogens is 2. The summed E-state index contributed by atoms with van der Waals surface area (Å²) in [7, 11) is 0. The third kappa shape index (κ3) is 5.43. The van der Waals surface area contributed by atoms with Crippen LogP contribution in [0, 0.1) is 0 Å². The molecule has 1 atom stereocenters. The molecule has 0 saturated heterocycles. The van der Waals surface area contributed by atoms with Crippen LogP contribution in [0.5, 0.6) is 0 Å². The van der Waals surface area contributed by atoms with Gasteiger partial charge in [0, 0.05) is 16.6 Å². The molecule has 41 heavy (non-hydrogen) atoms. The lowest BCUT2D eigenvalue weighted by molar-refractivity contribution is 0.0683. The number of para-hydroxylation sites is 1. The quantitative estimate of drug-likeness (QED) is 0.188. The number of carbonyl (C=O) groups is 1. The molecule has 0 radical (unpaired) electrons. The minimum absolute atomic E-state index is 0.123. The van der Waals surface area contributed by atoms with Gasteiger partial charge in [0.05, 0.1) is 22.6 Å². The summed E-state index contributed by atoms with van der Waals surface area (Å²) in [4.78, 5) is 35.0. The monoisotopic (exact) mass is 601 g/mol. The van der Waals surface area contributed by atoms with E-state index in [1.807, 2.05) is 115 Å². The number of benzene rings is 5. The summed E-state index contributed by atoms with van der Waals surface area (Å²) in [6.45, 7) is 2.41. The van der Waals surface area contributed by atoms with Gasteiger partial charge in [0.2, 0.25) is 0 Å². The third-order valence-corrected chi connectivity index (χ3v) is 7.94. The van der Waals surface area contributed by atoms with E-state index in [-0.39, 0.29) is 11.5 Å². The molecule has 5 aromatic carbocycles. The smallest absolute Gasteiger partial charge is 0.266 e. The Morgan fingerprint density at radius 2 is 1.56 bits per heavy atom. The van der Waals surface area contributed by atoms with Crippen molar-refractivity contribution >= 4 is 43.5 Å². The third-order valence-electron chi connectivity index (χ3n) is 7.45. The van der Waals surface area contributed by atoms with Crippen LogP contribution in [-0.2, 0) is 6.42 Å². The zero-order chi connectivity index (χ0) is 28.3. The van der Waals surface area contributed by atoms with Crippen molar-refractivity contribution in [2.45, 2.75) is 19.4 Å². The van der Waals surface area contributed by atoms with Crippen molar-refractivity contribution in [3.8, 4) is 5.69 Å². The number of hydrogen-bond acceptors (Lipinski definition) is 3. The Morgan fingerprint density at radius 3 is 2.37 bits per heavy atom. The summed E-state index contributed by atoms with van der Waals surface area (Å²) < 4.78 is 2.50. The van der Waals surface area contributed by atoms with E-state index in [9.17, 15) is 9.59 Å². The molecule has 202 valence electrons. The van der Waals surface area contributed by atoms with Crippen LogP contribution in [0.25, 0.3) is 27.4 Å². The first-order chi connectivity index (χ1) is 20.0. The summed E-state index contributed by atoms with van der Waals surface area (Å²) in [6, 6.07) is 38.4. The van der Waals surface area contributed by atoms with Crippen molar-refractivity contribution in [3.05, 3.63) is 153 Å². The zero-order valence-corrected chi connectivity index (χ0v) is 24.2. The second-order valence-corrected chi connectivity index (χ2v) is 11.0. The molecule has 1 amide bonds. The van der Waals surface area contributed by atoms with E-state index >= 15 is 0 Å². The molecule has 0 spiro atoms. The van der Waals surface area contributed by atoms with Crippen molar-refractivity contribution in [2.24, 2.45) is 0 Å². The SMILES string of the molecule is CC(c1nc2ccccc2c(=O)n1-c1ccc2ccccc2c1)N(CCc1ccccc1)C(=O)c1cccc(Br)c1. The Morgan fingerprint density at radius 1 is 0.829 bits per heavy atom. The van der Waals surface area contributed by atoms with Crippen molar-refractivity contribution < 1.29 is 4.79 Å². The molecule has 0 saturated carbocycles. The van der Waals surface area contributed by atoms with Gasteiger partial charge in [0.1, 0.15) is 5.82 Å². The zero-order valence-electron chi connectivity index (χ0n) is 22.6. The highest BCUT2D eigenvalue weighted by Gasteiger charge is 2.28. The van der Waals surface area contributed by atoms with Gasteiger partial charge in [-0.1, -0.05) is 94.8 Å². The average Bonchev–Trinajstić information content (AvgIpc) is 3.01. The first-order valence-electron chi connectivity index (χ1n) is 13.6. The van der Waals surface area contributed by atoms with Crippen molar-refractivity contribution in [1.82, 2.24) is 14.5 Å². The Balaban J connectivity index is 1.51. The van der Waals surface area contributed by atoms with E-state index in [2.05, 4.69) is 28.1 Å². The number of rotatable bonds is 7. The average molecular weight is 603 g/mol. The lowest BCUT2D eigenvalue weighted by Gasteiger charge is -2.31. The van der Waals surface area contributed by atoms with Gasteiger partial charge in [-0.05, 0) is 72.1 Å². The first-order valence-corrected chi connectivity index (χ1v) is 14.4. The van der Waals surface area contributed by atoms with E-state index in [1.165, 1.54) is 0 Å². The van der Waals surface area contributed by atoms with Gasteiger partial charge >= 0.3 is 0 Å². The van der Waals surface area contributed by atoms with E-state index in [0.717, 1.165) is 20.8 Å². The van der Waals surface area contributed by atoms with E-state index in [4.69, 9.17) is 4.98 Å². The number of nitrogens with zero attached hydrogens (tertiary/aromatic N) is 3. The highest BCUT2D eigenvalue weighted by atomic mass is 79.9. The van der Waals surface area contributed by atoms with Crippen LogP contribution in [0.1, 0.15) is 34.7 Å². The van der Waals surface area contributed by atoms with Crippen LogP contribution in [0.15, 0.2) is 131 Å². The predicted octanol–water partition coefficient (Wildman–Crippen LogP) is 7.75. The van der Waals surface area contributed by atoms with Gasteiger partial charge in [-0.3, -0.25) is 14.2 Å². The molecule has 6 rings (SSSR count). The van der Waals surface area contributed by atoms with Crippen molar-refractivity contribution in [2.75, 3.05) is 6.54 Å². The Hall–Kier alpha value is -4.55. The topological polar surface area (TPSA) is 55.2 Å². The van der Waals surface area contributed by atoms with Gasteiger partial charge in [-0.25, -0.2) is 4.98 Å². The Labute approximate surface area is 246 Å². The van der Waals surface area contributed by atoms with Gasteiger partial charge in [-0.2, -0.15) is 0 Å². The summed E-state index contributed by atoms with van der Waals surface area (Å²) >= 11 is 3.51. The molecule has 0 fully saturated rings. The molecule has 5 nitrogen and oxygen atoms in total. The summed E-state index contributed by atoms with van der Waals surface area (Å²) in [5, 5.41) is 2.64. The molecule has 6 aromatic rings. The van der Waals surface area contributed by atoms with Gasteiger partial charge < -0.3 is 4.90 Å². The highest BCUT2D eigenvalue weighted by Crippen LogP contribution is 2.27. The van der Waals surface area contributed by atoms with Crippen LogP contribution in [0.4, 0.5) is 0 Å². The molecule has 0 aliphatic rings. The number of amides is 1. The number of carbonyl (C=O) groups excluding carboxylic acids is 1. The Kier molecular flexibility index (Phi) is 7.49. The Bertz CT molecular complexity index is 1930. The molecule has 0 N–H and O–H groups in total. The second kappa shape index (κ2) is 11.5. The van der Waals surface area contributed by atoms with Crippen molar-refractivity contribution in [3.63, 3.8) is 0 Å². The predicted molar refractivity (Wildman–Crippen MR) is 169 cm³/mol. The summed E-state index contributed by atoms with van der Waals surface area (Å²) in [6.07, 6.45) is 0.665. The van der Waals surface area contributed by atoms with Crippen LogP contribution in [-0.4, -0.2) is 26.9 Å². The van der Waals surface area contributed by atoms with E-state index < -0.39 is 6.04 Å². The van der Waals surface area contributed by atoms with E-state index in [0.29, 0.717) is 40.9 Å². The molecule has 1 heterocycles. The molecule has 1 unspecified atom stereocenters. The van der Waals surface area contributed by atoms with Crippen LogP contribution in [0.3, 0.4) is 0 Å². The maximum atomic E-state index is 14.1. The molecule has 1 aromatic heterocycles. The minimum Gasteiger partial charge on any atom is -0.328 e. The van der Waals surface area contributed by atoms with Crippen LogP contribution < -0.4 is 5.56 Å². The number of hydrogen-bond donors (Lipinski definition) is 0. The van der Waals surface area contributed by atoms with Crippen LogP contribution in [0.2, 0.25) is 0 Å². The van der Waals surface area contributed by atoms with Crippen LogP contribution >= 0.6 is 15.9 Å². The fourth-order valence-electron chi connectivity index (χ4n) is 5.29. The molecule has 6 heteroatoms. The number of fused-ring (bicyclic) bond motifs is 2. The normalized spacial score (nSPS) is 12.0. The summed E-state index contributed by atoms with van der Waals surface area (Å²) in [5.74, 6) is 0.391. The van der Waals surface area contributed by atoms with Gasteiger partial charge in [0.25, 0.3) is 11.5 Å². The standard InChI is InChI=1S/C35H28BrN3O2/c1-24(38(21-20-25-10-3-2-4-11-25)34(40)28-14-9-15-29(36)22-28)33-37-32-17-8-7-16-31(32)35(41)39(33)30-19-18-26-12-5-6-13-27(26)23-30/h2-19,22-24H,20-21H2,1H3. The lowest BCUT2D eigenvalue weighted by Crippen LogP contribution is -2.38. The molecule has 0 aliphatic carbocycles. The fourth-order valence-corrected chi connectivity index (χ4v) is 5.69. The maximum absolute atomic E-state index is 14.1. The van der Waals surface area contributed by atoms with Crippen molar-refractivity contribution in [1.29, 1.82) is 0 Å². The minimum atomic E-state index is -0.506. The first kappa shape index (κ1) is 26.7. The molecule has 0 bridgehead atoms. The molecular formula is C35H28BrN3O2. The highest BCUT2D eigenvalue weighted by molar-refractivity contribution is 9.10. The lowest BCUT2D eigenvalue weighted by atomic mass is 10.1. The van der Waals surface area contributed by atoms with Gasteiger partial charge in [0.15, 0.2) is 0 Å². The largest absolute Gasteiger partial charge is 0.328 e. The van der Waals surface area contributed by atoms with E-state index in [1.54, 1.807) is 10.6 Å². The second-order valence-electron chi connectivity index (χ2n) is 10.1. The maximum Gasteiger partial charge on any atom is 0.266 e. The number of halogens is 1. The van der Waals surface area contributed by atoms with Gasteiger partial charge in [-0.15, -0.1) is 0 Å².